The number of halogens is 1. The van der Waals surface area contributed by atoms with Gasteiger partial charge in [0, 0.05) is 0 Å². The highest BCUT2D eigenvalue weighted by Crippen LogP contribution is 3.03. The number of alkyl halides is 1. The van der Waals surface area contributed by atoms with Crippen LogP contribution in [0.4, 0.5) is 0 Å². The third kappa shape index (κ3) is 0.111. The van der Waals surface area contributed by atoms with Gasteiger partial charge in [0.05, 0.1) is 4.87 Å². The van der Waals surface area contributed by atoms with Crippen LogP contribution in [0.5, 0.6) is 0 Å². The SMILES string of the molecule is ClC12C3C4C5C3C1C5C42. The fraction of sp³-hybridized carbons (Fsp3) is 1.00. The molecule has 0 atom stereocenters. The van der Waals surface area contributed by atoms with Gasteiger partial charge in [-0.3, -0.25) is 0 Å². The van der Waals surface area contributed by atoms with Crippen molar-refractivity contribution < 1.29 is 0 Å². The molecule has 0 aromatic rings. The minimum Gasteiger partial charge on any atom is -0.118 e. The highest BCUT2D eigenvalue weighted by molar-refractivity contribution is 6.28. The quantitative estimate of drug-likeness (QED) is 0.444. The fourth-order valence-electron chi connectivity index (χ4n) is 5.29. The lowest BCUT2D eigenvalue weighted by molar-refractivity contribution is -0.548. The average molecular weight is 139 g/mol. The molecular formula is C8H7Cl. The summed E-state index contributed by atoms with van der Waals surface area (Å²) >= 11 is 6.38. The van der Waals surface area contributed by atoms with Gasteiger partial charge >= 0.3 is 0 Å². The molecule has 0 radical (unpaired) electrons. The predicted molar refractivity (Wildman–Crippen MR) is 33.0 cm³/mol. The molecule has 6 aliphatic carbocycles. The van der Waals surface area contributed by atoms with Gasteiger partial charge in [-0.1, -0.05) is 0 Å². The zero-order valence-electron chi connectivity index (χ0n) is 4.92. The second-order valence-electron chi connectivity index (χ2n) is 4.71. The topological polar surface area (TPSA) is 0 Å². The molecule has 9 heavy (non-hydrogen) atoms. The zero-order valence-corrected chi connectivity index (χ0v) is 5.68. The lowest BCUT2D eigenvalue weighted by atomic mass is 9.01. The Bertz CT molecular complexity index is 206. The Morgan fingerprint density at radius 3 is 1.44 bits per heavy atom. The van der Waals surface area contributed by atoms with E-state index in [0.717, 1.165) is 17.8 Å². The van der Waals surface area contributed by atoms with Crippen LogP contribution < -0.4 is 0 Å². The molecule has 0 aromatic carbocycles. The second kappa shape index (κ2) is 0.592. The van der Waals surface area contributed by atoms with Crippen LogP contribution in [-0.2, 0) is 0 Å². The summed E-state index contributed by atoms with van der Waals surface area (Å²) in [6.07, 6.45) is 0. The van der Waals surface area contributed by atoms with Crippen molar-refractivity contribution in [3.63, 3.8) is 0 Å². The molecule has 0 N–H and O–H groups in total. The van der Waals surface area contributed by atoms with Crippen molar-refractivity contribution >= 4 is 11.6 Å². The summed E-state index contributed by atoms with van der Waals surface area (Å²) in [5.74, 6) is 7.87. The van der Waals surface area contributed by atoms with E-state index in [1.807, 2.05) is 0 Å². The first-order chi connectivity index (χ1) is 4.37. The van der Waals surface area contributed by atoms with Gasteiger partial charge in [-0.15, -0.1) is 11.6 Å². The molecule has 0 unspecified atom stereocenters. The van der Waals surface area contributed by atoms with Crippen LogP contribution in [0.2, 0.25) is 0 Å². The van der Waals surface area contributed by atoms with Crippen molar-refractivity contribution in [2.24, 2.45) is 41.4 Å². The van der Waals surface area contributed by atoms with E-state index in [2.05, 4.69) is 0 Å². The minimum atomic E-state index is 0.439. The van der Waals surface area contributed by atoms with E-state index in [-0.39, 0.29) is 0 Å². The molecule has 0 heterocycles. The third-order valence-electron chi connectivity index (χ3n) is 5.35. The van der Waals surface area contributed by atoms with Gasteiger partial charge in [0.2, 0.25) is 0 Å². The maximum atomic E-state index is 6.38. The Balaban J connectivity index is 1.93. The summed E-state index contributed by atoms with van der Waals surface area (Å²) in [6.45, 7) is 0. The second-order valence-corrected chi connectivity index (χ2v) is 5.37. The summed E-state index contributed by atoms with van der Waals surface area (Å²) in [5, 5.41) is 0. The number of hydrogen-bond donors (Lipinski definition) is 0. The summed E-state index contributed by atoms with van der Waals surface area (Å²) in [6, 6.07) is 0. The van der Waals surface area contributed by atoms with E-state index in [1.54, 1.807) is 0 Å². The summed E-state index contributed by atoms with van der Waals surface area (Å²) in [7, 11) is 0. The van der Waals surface area contributed by atoms with E-state index >= 15 is 0 Å². The predicted octanol–water partition coefficient (Wildman–Crippen LogP) is 1.35. The van der Waals surface area contributed by atoms with Crippen LogP contribution in [0.1, 0.15) is 0 Å². The Morgan fingerprint density at radius 1 is 0.778 bits per heavy atom. The van der Waals surface area contributed by atoms with Gasteiger partial charge < -0.3 is 0 Å². The number of hydrogen-bond acceptors (Lipinski definition) is 0. The lowest BCUT2D eigenvalue weighted by Gasteiger charge is -3.06. The molecular weight excluding hydrogens is 132 g/mol. The van der Waals surface area contributed by atoms with Gasteiger partial charge in [-0.05, 0) is 41.4 Å². The minimum absolute atomic E-state index is 0.439. The van der Waals surface area contributed by atoms with E-state index in [9.17, 15) is 0 Å². The van der Waals surface area contributed by atoms with Crippen LogP contribution in [-0.4, -0.2) is 4.87 Å². The van der Waals surface area contributed by atoms with Gasteiger partial charge in [0.15, 0.2) is 0 Å². The molecule has 6 rings (SSSR count). The highest BCUT2D eigenvalue weighted by atomic mass is 35.5. The fourth-order valence-corrected chi connectivity index (χ4v) is 6.16. The largest absolute Gasteiger partial charge is 0.118 e. The summed E-state index contributed by atoms with van der Waals surface area (Å²) < 4.78 is 0. The molecule has 1 heteroatoms. The van der Waals surface area contributed by atoms with Gasteiger partial charge in [0.1, 0.15) is 0 Å². The van der Waals surface area contributed by atoms with Crippen LogP contribution in [0.25, 0.3) is 0 Å². The first-order valence-corrected chi connectivity index (χ1v) is 4.43. The van der Waals surface area contributed by atoms with Crippen molar-refractivity contribution in [3.8, 4) is 0 Å². The van der Waals surface area contributed by atoms with Gasteiger partial charge in [-0.2, -0.15) is 0 Å². The van der Waals surface area contributed by atoms with E-state index < -0.39 is 0 Å². The Morgan fingerprint density at radius 2 is 1.22 bits per heavy atom. The molecule has 46 valence electrons. The summed E-state index contributed by atoms with van der Waals surface area (Å²) in [5.41, 5.74) is 0. The van der Waals surface area contributed by atoms with Crippen molar-refractivity contribution in [1.82, 2.24) is 0 Å². The van der Waals surface area contributed by atoms with Crippen LogP contribution in [0.3, 0.4) is 0 Å². The number of rotatable bonds is 0. The Kier molecular flexibility index (Phi) is 0.238. The molecule has 6 saturated carbocycles. The van der Waals surface area contributed by atoms with E-state index in [4.69, 9.17) is 11.6 Å². The molecule has 0 aromatic heterocycles. The molecule has 0 aliphatic heterocycles. The van der Waals surface area contributed by atoms with Crippen LogP contribution >= 0.6 is 11.6 Å². The smallest absolute Gasteiger partial charge is 0.0548 e. The van der Waals surface area contributed by atoms with Crippen molar-refractivity contribution in [2.75, 3.05) is 0 Å². The first-order valence-electron chi connectivity index (χ1n) is 4.06. The molecule has 6 fully saturated rings. The lowest BCUT2D eigenvalue weighted by Crippen LogP contribution is -3.07. The van der Waals surface area contributed by atoms with Crippen molar-refractivity contribution in [3.05, 3.63) is 0 Å². The standard InChI is InChI=1S/C8H7Cl/c9-8-5-2-1-3(5)7(8)4(1)6(2)8/h1-7H. The molecule has 0 spiro atoms. The van der Waals surface area contributed by atoms with Crippen molar-refractivity contribution in [1.29, 1.82) is 0 Å². The highest BCUT2D eigenvalue weighted by Gasteiger charge is 3.04. The normalized spacial score (nSPS) is 106. The van der Waals surface area contributed by atoms with Crippen molar-refractivity contribution in [2.45, 2.75) is 4.87 Å². The Labute approximate surface area is 58.6 Å². The van der Waals surface area contributed by atoms with Crippen LogP contribution in [0, 0.1) is 41.4 Å². The maximum absolute atomic E-state index is 6.38. The zero-order chi connectivity index (χ0) is 5.54. The maximum Gasteiger partial charge on any atom is 0.0548 e. The van der Waals surface area contributed by atoms with E-state index in [1.165, 1.54) is 23.7 Å². The monoisotopic (exact) mass is 138 g/mol. The van der Waals surface area contributed by atoms with Gasteiger partial charge in [-0.25, -0.2) is 0 Å². The molecule has 0 bridgehead atoms. The van der Waals surface area contributed by atoms with Crippen LogP contribution in [0.15, 0.2) is 0 Å². The molecule has 0 nitrogen and oxygen atoms in total. The molecule has 0 amide bonds. The molecule has 0 saturated heterocycles. The first kappa shape index (κ1) is 3.61. The Hall–Kier alpha value is 0.290. The third-order valence-corrected chi connectivity index (χ3v) is 6.11. The van der Waals surface area contributed by atoms with Gasteiger partial charge in [0.25, 0.3) is 0 Å². The average Bonchev–Trinajstić information content (AvgIpc) is 1.88. The summed E-state index contributed by atoms with van der Waals surface area (Å²) in [4.78, 5) is 0.439. The van der Waals surface area contributed by atoms with E-state index in [0.29, 0.717) is 4.87 Å². The molecule has 6 aliphatic rings.